The fraction of sp³-hybridized carbons (Fsp3) is 0.935. The van der Waals surface area contributed by atoms with Gasteiger partial charge in [-0.2, -0.15) is 0 Å². The molecule has 0 radical (unpaired) electrons. The molecular weight excluding hydrogens is 436 g/mol. The number of unbranched alkanes of at least 4 members (excludes halogenated alkanes) is 14. The van der Waals surface area contributed by atoms with Crippen LogP contribution in [-0.2, 0) is 19.1 Å². The van der Waals surface area contributed by atoms with Crippen molar-refractivity contribution in [3.05, 3.63) is 0 Å². The van der Waals surface area contributed by atoms with Gasteiger partial charge in [0.05, 0.1) is 25.0 Å². The van der Waals surface area contributed by atoms with Gasteiger partial charge in [-0.15, -0.1) is 0 Å². The summed E-state index contributed by atoms with van der Waals surface area (Å²) in [4.78, 5) is 25.4. The molecule has 0 aromatic heterocycles. The molecule has 4 nitrogen and oxygen atoms in total. The molecule has 1 fully saturated rings. The second-order valence-electron chi connectivity index (χ2n) is 11.3. The number of ether oxygens (including phenoxy) is 2. The van der Waals surface area contributed by atoms with Crippen LogP contribution in [0.5, 0.6) is 0 Å². The first-order chi connectivity index (χ1) is 17.1. The van der Waals surface area contributed by atoms with Crippen LogP contribution in [0, 0.1) is 17.8 Å². The molecule has 2 unspecified atom stereocenters. The van der Waals surface area contributed by atoms with Crippen LogP contribution in [0.3, 0.4) is 0 Å². The van der Waals surface area contributed by atoms with Gasteiger partial charge in [-0.05, 0) is 31.6 Å². The Bertz CT molecular complexity index is 516. The van der Waals surface area contributed by atoms with E-state index in [4.69, 9.17) is 9.47 Å². The summed E-state index contributed by atoms with van der Waals surface area (Å²) in [5, 5.41) is 0. The molecule has 0 heterocycles. The second kappa shape index (κ2) is 22.2. The van der Waals surface area contributed by atoms with Crippen LogP contribution >= 0.6 is 0 Å². The van der Waals surface area contributed by atoms with E-state index in [1.54, 1.807) is 0 Å². The maximum Gasteiger partial charge on any atom is 0.309 e. The minimum atomic E-state index is -0.306. The van der Waals surface area contributed by atoms with E-state index in [0.29, 0.717) is 13.2 Å². The van der Waals surface area contributed by atoms with Crippen LogP contribution in [0.15, 0.2) is 0 Å². The SMILES string of the molecule is CCCCCCCCCCCCOC(=O)C1CCCCC1C(=O)OCCCCCCCCC(C)C. The second-order valence-corrected chi connectivity index (χ2v) is 11.3. The van der Waals surface area contributed by atoms with E-state index in [9.17, 15) is 9.59 Å². The van der Waals surface area contributed by atoms with Gasteiger partial charge in [-0.25, -0.2) is 0 Å². The van der Waals surface area contributed by atoms with Crippen LogP contribution in [0.4, 0.5) is 0 Å². The van der Waals surface area contributed by atoms with Crippen molar-refractivity contribution in [3.63, 3.8) is 0 Å². The lowest BCUT2D eigenvalue weighted by Gasteiger charge is -2.28. The molecule has 1 rings (SSSR count). The number of hydrogen-bond acceptors (Lipinski definition) is 4. The van der Waals surface area contributed by atoms with Gasteiger partial charge in [0.25, 0.3) is 0 Å². The smallest absolute Gasteiger partial charge is 0.309 e. The normalized spacial score (nSPS) is 18.1. The molecule has 0 spiro atoms. The third kappa shape index (κ3) is 17.1. The lowest BCUT2D eigenvalue weighted by Crippen LogP contribution is -2.35. The van der Waals surface area contributed by atoms with E-state index in [-0.39, 0.29) is 23.8 Å². The molecule has 0 bridgehead atoms. The average Bonchev–Trinajstić information content (AvgIpc) is 2.85. The Balaban J connectivity index is 2.10. The summed E-state index contributed by atoms with van der Waals surface area (Å²) < 4.78 is 11.2. The predicted molar refractivity (Wildman–Crippen MR) is 146 cm³/mol. The number of carbonyl (C=O) groups is 2. The molecular formula is C31H58O4. The average molecular weight is 495 g/mol. The van der Waals surface area contributed by atoms with Gasteiger partial charge in [-0.1, -0.05) is 130 Å². The fourth-order valence-corrected chi connectivity index (χ4v) is 5.21. The summed E-state index contributed by atoms with van der Waals surface area (Å²) in [6.07, 6.45) is 24.7. The van der Waals surface area contributed by atoms with Crippen LogP contribution in [0.25, 0.3) is 0 Å². The van der Waals surface area contributed by atoms with Gasteiger partial charge in [0.1, 0.15) is 0 Å². The zero-order chi connectivity index (χ0) is 25.6. The van der Waals surface area contributed by atoms with Crippen LogP contribution in [0.1, 0.15) is 156 Å². The Morgan fingerprint density at radius 3 is 1.37 bits per heavy atom. The third-order valence-electron chi connectivity index (χ3n) is 7.53. The maximum absolute atomic E-state index is 12.7. The minimum Gasteiger partial charge on any atom is -0.465 e. The lowest BCUT2D eigenvalue weighted by atomic mass is 9.79. The molecule has 0 saturated heterocycles. The summed E-state index contributed by atoms with van der Waals surface area (Å²) in [7, 11) is 0. The Morgan fingerprint density at radius 2 is 0.971 bits per heavy atom. The van der Waals surface area contributed by atoms with Crippen molar-refractivity contribution >= 4 is 11.9 Å². The molecule has 1 aliphatic carbocycles. The van der Waals surface area contributed by atoms with Gasteiger partial charge < -0.3 is 9.47 Å². The van der Waals surface area contributed by atoms with Crippen molar-refractivity contribution in [2.24, 2.45) is 17.8 Å². The number of carbonyl (C=O) groups excluding carboxylic acids is 2. The zero-order valence-electron chi connectivity index (χ0n) is 23.6. The Kier molecular flexibility index (Phi) is 20.2. The number of esters is 2. The van der Waals surface area contributed by atoms with E-state index in [0.717, 1.165) is 57.3 Å². The zero-order valence-corrected chi connectivity index (χ0v) is 23.6. The molecule has 0 N–H and O–H groups in total. The molecule has 0 aromatic carbocycles. The standard InChI is InChI=1S/C31H58O4/c1-4-5-6-7-8-9-10-12-15-20-25-34-30(32)28-23-18-19-24-29(28)31(33)35-26-21-16-13-11-14-17-22-27(2)3/h27-29H,4-26H2,1-3H3. The number of rotatable bonds is 22. The third-order valence-corrected chi connectivity index (χ3v) is 7.53. The van der Waals surface area contributed by atoms with E-state index in [1.165, 1.54) is 83.5 Å². The van der Waals surface area contributed by atoms with E-state index in [1.807, 2.05) is 0 Å². The quantitative estimate of drug-likeness (QED) is 0.111. The summed E-state index contributed by atoms with van der Waals surface area (Å²) in [5.74, 6) is -0.165. The van der Waals surface area contributed by atoms with Crippen molar-refractivity contribution in [1.29, 1.82) is 0 Å². The van der Waals surface area contributed by atoms with Crippen LogP contribution in [-0.4, -0.2) is 25.2 Å². The molecule has 0 amide bonds. The van der Waals surface area contributed by atoms with E-state index in [2.05, 4.69) is 20.8 Å². The first-order valence-corrected chi connectivity index (χ1v) is 15.4. The van der Waals surface area contributed by atoms with Gasteiger partial charge >= 0.3 is 11.9 Å². The van der Waals surface area contributed by atoms with Crippen molar-refractivity contribution < 1.29 is 19.1 Å². The molecule has 206 valence electrons. The lowest BCUT2D eigenvalue weighted by molar-refractivity contribution is -0.163. The minimum absolute atomic E-state index is 0.177. The summed E-state index contributed by atoms with van der Waals surface area (Å²) >= 11 is 0. The Labute approximate surface area is 217 Å². The topological polar surface area (TPSA) is 52.6 Å². The van der Waals surface area contributed by atoms with Crippen LogP contribution < -0.4 is 0 Å². The number of hydrogen-bond donors (Lipinski definition) is 0. The van der Waals surface area contributed by atoms with E-state index < -0.39 is 0 Å². The fourth-order valence-electron chi connectivity index (χ4n) is 5.21. The molecule has 1 saturated carbocycles. The highest BCUT2D eigenvalue weighted by Gasteiger charge is 2.37. The summed E-state index contributed by atoms with van der Waals surface area (Å²) in [6, 6.07) is 0. The van der Waals surface area contributed by atoms with Crippen molar-refractivity contribution in [2.75, 3.05) is 13.2 Å². The van der Waals surface area contributed by atoms with E-state index >= 15 is 0 Å². The monoisotopic (exact) mass is 494 g/mol. The first kappa shape index (κ1) is 32.0. The first-order valence-electron chi connectivity index (χ1n) is 15.4. The Hall–Kier alpha value is -1.06. The van der Waals surface area contributed by atoms with Crippen molar-refractivity contribution in [3.8, 4) is 0 Å². The van der Waals surface area contributed by atoms with Crippen molar-refractivity contribution in [1.82, 2.24) is 0 Å². The summed E-state index contributed by atoms with van der Waals surface area (Å²) in [6.45, 7) is 7.80. The van der Waals surface area contributed by atoms with Gasteiger partial charge in [-0.3, -0.25) is 9.59 Å². The molecule has 0 aliphatic heterocycles. The van der Waals surface area contributed by atoms with Gasteiger partial charge in [0, 0.05) is 0 Å². The van der Waals surface area contributed by atoms with Gasteiger partial charge in [0.15, 0.2) is 0 Å². The molecule has 35 heavy (non-hydrogen) atoms. The molecule has 0 aromatic rings. The maximum atomic E-state index is 12.7. The van der Waals surface area contributed by atoms with Gasteiger partial charge in [0.2, 0.25) is 0 Å². The predicted octanol–water partition coefficient (Wildman–Crippen LogP) is 9.19. The molecule has 2 atom stereocenters. The highest BCUT2D eigenvalue weighted by Crippen LogP contribution is 2.32. The highest BCUT2D eigenvalue weighted by atomic mass is 16.5. The van der Waals surface area contributed by atoms with Crippen LogP contribution in [0.2, 0.25) is 0 Å². The highest BCUT2D eigenvalue weighted by molar-refractivity contribution is 5.82. The largest absolute Gasteiger partial charge is 0.465 e. The molecule has 4 heteroatoms. The molecule has 1 aliphatic rings. The Morgan fingerprint density at radius 1 is 0.600 bits per heavy atom. The van der Waals surface area contributed by atoms with Crippen molar-refractivity contribution in [2.45, 2.75) is 156 Å². The summed E-state index contributed by atoms with van der Waals surface area (Å²) in [5.41, 5.74) is 0.